The second kappa shape index (κ2) is 6.51. The van der Waals surface area contributed by atoms with Gasteiger partial charge in [0, 0.05) is 18.7 Å². The lowest BCUT2D eigenvalue weighted by Crippen LogP contribution is -2.25. The molecule has 2 N–H and O–H groups in total. The summed E-state index contributed by atoms with van der Waals surface area (Å²) in [5.41, 5.74) is 1.15. The molecule has 0 heterocycles. The number of carbonyl (C=O) groups excluding carboxylic acids is 1. The SMILES string of the molecule is O=C(NCCc1ccc([N+](=O)[O-])cc1)c1ccccc1O. The predicted molar refractivity (Wildman–Crippen MR) is 77.2 cm³/mol. The van der Waals surface area contributed by atoms with Crippen LogP contribution in [0.2, 0.25) is 0 Å². The quantitative estimate of drug-likeness (QED) is 0.651. The van der Waals surface area contributed by atoms with Gasteiger partial charge in [0.1, 0.15) is 5.75 Å². The van der Waals surface area contributed by atoms with Crippen LogP contribution >= 0.6 is 0 Å². The molecule has 0 spiro atoms. The minimum Gasteiger partial charge on any atom is -0.507 e. The van der Waals surface area contributed by atoms with Gasteiger partial charge in [-0.1, -0.05) is 24.3 Å². The zero-order valence-corrected chi connectivity index (χ0v) is 11.2. The van der Waals surface area contributed by atoms with Crippen LogP contribution in [0.15, 0.2) is 48.5 Å². The minimum atomic E-state index is -0.455. The highest BCUT2D eigenvalue weighted by molar-refractivity contribution is 5.96. The molecule has 1 amide bonds. The maximum Gasteiger partial charge on any atom is 0.269 e. The molecule has 0 unspecified atom stereocenters. The van der Waals surface area contributed by atoms with Crippen molar-refractivity contribution in [2.75, 3.05) is 6.54 Å². The number of aromatic hydroxyl groups is 1. The average molecular weight is 286 g/mol. The number of carbonyl (C=O) groups is 1. The smallest absolute Gasteiger partial charge is 0.269 e. The molecule has 2 aromatic rings. The molecule has 0 aromatic heterocycles. The summed E-state index contributed by atoms with van der Waals surface area (Å²) >= 11 is 0. The highest BCUT2D eigenvalue weighted by Gasteiger charge is 2.09. The van der Waals surface area contributed by atoms with Crippen LogP contribution in [0.5, 0.6) is 5.75 Å². The zero-order chi connectivity index (χ0) is 15.2. The van der Waals surface area contributed by atoms with Crippen molar-refractivity contribution in [1.29, 1.82) is 0 Å². The van der Waals surface area contributed by atoms with Crippen molar-refractivity contribution in [2.24, 2.45) is 0 Å². The Morgan fingerprint density at radius 1 is 1.14 bits per heavy atom. The van der Waals surface area contributed by atoms with Gasteiger partial charge in [-0.05, 0) is 24.1 Å². The molecular formula is C15H14N2O4. The van der Waals surface area contributed by atoms with Crippen molar-refractivity contribution in [2.45, 2.75) is 6.42 Å². The number of nitro groups is 1. The van der Waals surface area contributed by atoms with Crippen molar-refractivity contribution < 1.29 is 14.8 Å². The van der Waals surface area contributed by atoms with Gasteiger partial charge < -0.3 is 10.4 Å². The Kier molecular flexibility index (Phi) is 4.50. The Hall–Kier alpha value is -2.89. The van der Waals surface area contributed by atoms with Crippen LogP contribution in [0.25, 0.3) is 0 Å². The molecule has 0 bridgehead atoms. The predicted octanol–water partition coefficient (Wildman–Crippen LogP) is 2.27. The number of non-ortho nitro benzene ring substituents is 1. The average Bonchev–Trinajstić information content (AvgIpc) is 2.48. The molecule has 0 radical (unpaired) electrons. The summed E-state index contributed by atoms with van der Waals surface area (Å²) in [6, 6.07) is 12.5. The number of phenolic OH excluding ortho intramolecular Hbond substituents is 1. The van der Waals surface area contributed by atoms with Crippen molar-refractivity contribution in [1.82, 2.24) is 5.32 Å². The lowest BCUT2D eigenvalue weighted by molar-refractivity contribution is -0.384. The molecule has 0 aliphatic carbocycles. The van der Waals surface area contributed by atoms with Crippen LogP contribution < -0.4 is 5.32 Å². The van der Waals surface area contributed by atoms with Gasteiger partial charge in [-0.25, -0.2) is 0 Å². The van der Waals surface area contributed by atoms with Crippen molar-refractivity contribution >= 4 is 11.6 Å². The van der Waals surface area contributed by atoms with E-state index in [0.717, 1.165) is 5.56 Å². The molecule has 0 atom stereocenters. The molecular weight excluding hydrogens is 272 g/mol. The van der Waals surface area contributed by atoms with Gasteiger partial charge >= 0.3 is 0 Å². The van der Waals surface area contributed by atoms with Crippen LogP contribution in [0.4, 0.5) is 5.69 Å². The molecule has 0 aliphatic heterocycles. The lowest BCUT2D eigenvalue weighted by Gasteiger charge is -2.06. The van der Waals surface area contributed by atoms with E-state index in [1.807, 2.05) is 0 Å². The maximum atomic E-state index is 11.8. The Bertz CT molecular complexity index is 653. The van der Waals surface area contributed by atoms with E-state index in [1.165, 1.54) is 24.3 Å². The number of rotatable bonds is 5. The van der Waals surface area contributed by atoms with Crippen molar-refractivity contribution in [3.8, 4) is 5.75 Å². The number of hydrogen-bond donors (Lipinski definition) is 2. The van der Waals surface area contributed by atoms with E-state index in [4.69, 9.17) is 0 Å². The third kappa shape index (κ3) is 3.79. The van der Waals surface area contributed by atoms with Crippen LogP contribution in [0.1, 0.15) is 15.9 Å². The Balaban J connectivity index is 1.88. The molecule has 0 saturated carbocycles. The van der Waals surface area contributed by atoms with Gasteiger partial charge in [0.25, 0.3) is 11.6 Å². The number of phenols is 1. The molecule has 2 rings (SSSR count). The number of nitrogens with one attached hydrogen (secondary N) is 1. The number of amides is 1. The van der Waals surface area contributed by atoms with Crippen LogP contribution in [0, 0.1) is 10.1 Å². The zero-order valence-electron chi connectivity index (χ0n) is 11.2. The Morgan fingerprint density at radius 2 is 1.81 bits per heavy atom. The summed E-state index contributed by atoms with van der Waals surface area (Å²) in [6.07, 6.45) is 0.553. The van der Waals surface area contributed by atoms with E-state index in [0.29, 0.717) is 13.0 Å². The summed E-state index contributed by atoms with van der Waals surface area (Å²) < 4.78 is 0. The molecule has 0 fully saturated rings. The minimum absolute atomic E-state index is 0.0389. The van der Waals surface area contributed by atoms with Gasteiger partial charge in [0.05, 0.1) is 10.5 Å². The number of hydrogen-bond acceptors (Lipinski definition) is 4. The molecule has 0 saturated heterocycles. The second-order valence-electron chi connectivity index (χ2n) is 4.45. The highest BCUT2D eigenvalue weighted by atomic mass is 16.6. The largest absolute Gasteiger partial charge is 0.507 e. The molecule has 6 heteroatoms. The topological polar surface area (TPSA) is 92.5 Å². The van der Waals surface area contributed by atoms with E-state index >= 15 is 0 Å². The monoisotopic (exact) mass is 286 g/mol. The molecule has 21 heavy (non-hydrogen) atoms. The van der Waals surface area contributed by atoms with E-state index in [2.05, 4.69) is 5.32 Å². The van der Waals surface area contributed by atoms with Crippen molar-refractivity contribution in [3.05, 3.63) is 69.8 Å². The van der Waals surface area contributed by atoms with Crippen LogP contribution in [0.3, 0.4) is 0 Å². The number of benzene rings is 2. The third-order valence-corrected chi connectivity index (χ3v) is 3.00. The van der Waals surface area contributed by atoms with Gasteiger partial charge in [0.2, 0.25) is 0 Å². The van der Waals surface area contributed by atoms with Gasteiger partial charge in [0.15, 0.2) is 0 Å². The fourth-order valence-electron chi connectivity index (χ4n) is 1.87. The first-order chi connectivity index (χ1) is 10.1. The first-order valence-corrected chi connectivity index (χ1v) is 6.37. The van der Waals surface area contributed by atoms with Crippen LogP contribution in [-0.4, -0.2) is 22.5 Å². The highest BCUT2D eigenvalue weighted by Crippen LogP contribution is 2.15. The third-order valence-electron chi connectivity index (χ3n) is 3.00. The molecule has 108 valence electrons. The normalized spacial score (nSPS) is 10.1. The molecule has 6 nitrogen and oxygen atoms in total. The Labute approximate surface area is 121 Å². The summed E-state index contributed by atoms with van der Waals surface area (Å²) in [4.78, 5) is 21.9. The fraction of sp³-hybridized carbons (Fsp3) is 0.133. The van der Waals surface area contributed by atoms with E-state index in [1.54, 1.807) is 24.3 Å². The summed E-state index contributed by atoms with van der Waals surface area (Å²) in [7, 11) is 0. The van der Waals surface area contributed by atoms with Crippen molar-refractivity contribution in [3.63, 3.8) is 0 Å². The lowest BCUT2D eigenvalue weighted by atomic mass is 10.1. The van der Waals surface area contributed by atoms with Gasteiger partial charge in [-0.15, -0.1) is 0 Å². The van der Waals surface area contributed by atoms with E-state index < -0.39 is 4.92 Å². The summed E-state index contributed by atoms with van der Waals surface area (Å²) in [6.45, 7) is 0.380. The Morgan fingerprint density at radius 3 is 2.43 bits per heavy atom. The van der Waals surface area contributed by atoms with E-state index in [9.17, 15) is 20.0 Å². The van der Waals surface area contributed by atoms with E-state index in [-0.39, 0.29) is 22.9 Å². The first kappa shape index (κ1) is 14.5. The standard InChI is InChI=1S/C15H14N2O4/c18-14-4-2-1-3-13(14)15(19)16-10-9-11-5-7-12(8-6-11)17(20)21/h1-8,18H,9-10H2,(H,16,19). The van der Waals surface area contributed by atoms with Crippen LogP contribution in [-0.2, 0) is 6.42 Å². The number of nitrogens with zero attached hydrogens (tertiary/aromatic N) is 1. The summed E-state index contributed by atoms with van der Waals surface area (Å²) in [5.74, 6) is -0.416. The fourth-order valence-corrected chi connectivity index (χ4v) is 1.87. The van der Waals surface area contributed by atoms with Gasteiger partial charge in [-0.2, -0.15) is 0 Å². The van der Waals surface area contributed by atoms with Gasteiger partial charge in [-0.3, -0.25) is 14.9 Å². The first-order valence-electron chi connectivity index (χ1n) is 6.37. The maximum absolute atomic E-state index is 11.8. The second-order valence-corrected chi connectivity index (χ2v) is 4.45. The number of para-hydroxylation sites is 1. The number of nitro benzene ring substituents is 1. The molecule has 2 aromatic carbocycles. The summed E-state index contributed by atoms with van der Waals surface area (Å²) in [5, 5.41) is 22.8. The molecule has 0 aliphatic rings.